The van der Waals surface area contributed by atoms with Crippen molar-refractivity contribution in [1.82, 2.24) is 10.5 Å². The molecule has 0 amide bonds. The molecule has 0 radical (unpaired) electrons. The molecule has 1 fully saturated rings. The van der Waals surface area contributed by atoms with E-state index in [2.05, 4.69) is 10.5 Å². The van der Waals surface area contributed by atoms with Crippen molar-refractivity contribution in [2.45, 2.75) is 32.4 Å². The van der Waals surface area contributed by atoms with Gasteiger partial charge in [0.05, 0.1) is 6.26 Å². The molecule has 1 N–H and O–H groups in total. The molecule has 0 atom stereocenters. The van der Waals surface area contributed by atoms with Crippen LogP contribution in [0.4, 0.5) is 0 Å². The quantitative estimate of drug-likeness (QED) is 0.856. The van der Waals surface area contributed by atoms with Gasteiger partial charge in [0.15, 0.2) is 5.76 Å². The minimum absolute atomic E-state index is 0.683. The Balaban J connectivity index is 1.79. The number of aromatic nitrogens is 1. The van der Waals surface area contributed by atoms with Gasteiger partial charge in [0, 0.05) is 18.2 Å². The van der Waals surface area contributed by atoms with Gasteiger partial charge in [0.2, 0.25) is 5.76 Å². The summed E-state index contributed by atoms with van der Waals surface area (Å²) in [5.41, 5.74) is 2.03. The fraction of sp³-hybridized carbons (Fsp3) is 0.417. The summed E-state index contributed by atoms with van der Waals surface area (Å²) in [4.78, 5) is 0. The van der Waals surface area contributed by atoms with Crippen LogP contribution in [-0.4, -0.2) is 11.2 Å². The van der Waals surface area contributed by atoms with Crippen LogP contribution < -0.4 is 5.32 Å². The Bertz CT molecular complexity index is 469. The van der Waals surface area contributed by atoms with E-state index >= 15 is 0 Å². The van der Waals surface area contributed by atoms with Gasteiger partial charge in [-0.05, 0) is 31.9 Å². The second kappa shape index (κ2) is 3.79. The highest BCUT2D eigenvalue weighted by molar-refractivity contribution is 5.55. The molecular formula is C12H14N2O2. The maximum absolute atomic E-state index is 5.31. The molecule has 4 nitrogen and oxygen atoms in total. The molecule has 2 aromatic rings. The zero-order valence-electron chi connectivity index (χ0n) is 9.19. The molecule has 0 bridgehead atoms. The van der Waals surface area contributed by atoms with Crippen LogP contribution in [0.3, 0.4) is 0 Å². The first kappa shape index (κ1) is 9.66. The lowest BCUT2D eigenvalue weighted by molar-refractivity contribution is 0.407. The second-order valence-electron chi connectivity index (χ2n) is 4.22. The third kappa shape index (κ3) is 1.76. The minimum Gasteiger partial charge on any atom is -0.461 e. The fourth-order valence-corrected chi connectivity index (χ4v) is 1.70. The van der Waals surface area contributed by atoms with Crippen LogP contribution in [-0.2, 0) is 6.54 Å². The van der Waals surface area contributed by atoms with E-state index in [9.17, 15) is 0 Å². The normalized spacial score (nSPS) is 15.6. The number of hydrogen-bond donors (Lipinski definition) is 1. The van der Waals surface area contributed by atoms with Gasteiger partial charge in [-0.25, -0.2) is 0 Å². The first-order valence-electron chi connectivity index (χ1n) is 5.57. The fourth-order valence-electron chi connectivity index (χ4n) is 1.70. The maximum atomic E-state index is 5.31. The van der Waals surface area contributed by atoms with Crippen LogP contribution in [0.5, 0.6) is 0 Å². The summed E-state index contributed by atoms with van der Waals surface area (Å²) in [5, 5.41) is 7.49. The largest absolute Gasteiger partial charge is 0.461 e. The highest BCUT2D eigenvalue weighted by atomic mass is 16.5. The van der Waals surface area contributed by atoms with Gasteiger partial charge in [-0.1, -0.05) is 5.16 Å². The van der Waals surface area contributed by atoms with Crippen LogP contribution in [0.1, 0.15) is 24.1 Å². The Labute approximate surface area is 93.6 Å². The van der Waals surface area contributed by atoms with E-state index in [4.69, 9.17) is 8.94 Å². The molecule has 16 heavy (non-hydrogen) atoms. The van der Waals surface area contributed by atoms with Crippen LogP contribution in [0.25, 0.3) is 11.5 Å². The minimum atomic E-state index is 0.683. The third-order valence-electron chi connectivity index (χ3n) is 2.90. The van der Waals surface area contributed by atoms with Gasteiger partial charge >= 0.3 is 0 Å². The van der Waals surface area contributed by atoms with Gasteiger partial charge in [-0.3, -0.25) is 0 Å². The number of hydrogen-bond acceptors (Lipinski definition) is 4. The highest BCUT2D eigenvalue weighted by Crippen LogP contribution is 2.26. The van der Waals surface area contributed by atoms with E-state index in [1.165, 1.54) is 12.8 Å². The Morgan fingerprint density at radius 3 is 3.06 bits per heavy atom. The maximum Gasteiger partial charge on any atom is 0.205 e. The van der Waals surface area contributed by atoms with Crippen LogP contribution in [0.15, 0.2) is 27.3 Å². The number of nitrogens with one attached hydrogen (secondary N) is 1. The van der Waals surface area contributed by atoms with Crippen molar-refractivity contribution in [3.63, 3.8) is 0 Å². The summed E-state index contributed by atoms with van der Waals surface area (Å²) >= 11 is 0. The van der Waals surface area contributed by atoms with Gasteiger partial charge < -0.3 is 14.3 Å². The van der Waals surface area contributed by atoms with Crippen molar-refractivity contribution >= 4 is 0 Å². The molecule has 0 aromatic carbocycles. The zero-order chi connectivity index (χ0) is 11.0. The molecule has 1 aliphatic rings. The summed E-state index contributed by atoms with van der Waals surface area (Å²) in [7, 11) is 0. The van der Waals surface area contributed by atoms with Crippen molar-refractivity contribution in [3.05, 3.63) is 29.7 Å². The molecule has 2 aromatic heterocycles. The highest BCUT2D eigenvalue weighted by Gasteiger charge is 2.22. The lowest BCUT2D eigenvalue weighted by Gasteiger charge is -1.98. The summed E-state index contributed by atoms with van der Waals surface area (Å²) < 4.78 is 10.6. The predicted octanol–water partition coefficient (Wildman–Crippen LogP) is 2.50. The van der Waals surface area contributed by atoms with Gasteiger partial charge in [-0.15, -0.1) is 0 Å². The molecule has 0 saturated heterocycles. The Morgan fingerprint density at radius 1 is 1.50 bits per heavy atom. The third-order valence-corrected chi connectivity index (χ3v) is 2.90. The molecule has 0 spiro atoms. The van der Waals surface area contributed by atoms with Crippen molar-refractivity contribution in [2.75, 3.05) is 0 Å². The molecule has 4 heteroatoms. The average molecular weight is 218 g/mol. The second-order valence-corrected chi connectivity index (χ2v) is 4.22. The first-order valence-corrected chi connectivity index (χ1v) is 5.57. The molecular weight excluding hydrogens is 204 g/mol. The summed E-state index contributed by atoms with van der Waals surface area (Å²) in [6.07, 6.45) is 4.20. The predicted molar refractivity (Wildman–Crippen MR) is 58.8 cm³/mol. The molecule has 3 rings (SSSR count). The molecule has 0 unspecified atom stereocenters. The monoisotopic (exact) mass is 218 g/mol. The van der Waals surface area contributed by atoms with Gasteiger partial charge in [0.25, 0.3) is 0 Å². The van der Waals surface area contributed by atoms with E-state index in [1.807, 2.05) is 19.1 Å². The molecule has 1 aliphatic carbocycles. The standard InChI is InChI=1S/C12H14N2O2/c1-8-10(7-13-9-4-5-9)14-16-12(8)11-3-2-6-15-11/h2-3,6,9,13H,4-5,7H2,1H3. The van der Waals surface area contributed by atoms with Crippen molar-refractivity contribution in [2.24, 2.45) is 0 Å². The molecule has 84 valence electrons. The molecule has 0 aliphatic heterocycles. The Morgan fingerprint density at radius 2 is 2.38 bits per heavy atom. The van der Waals surface area contributed by atoms with E-state index in [-0.39, 0.29) is 0 Å². The van der Waals surface area contributed by atoms with Crippen LogP contribution in [0, 0.1) is 6.92 Å². The molecule has 1 saturated carbocycles. The Hall–Kier alpha value is -1.55. The SMILES string of the molecule is Cc1c(CNC2CC2)noc1-c1ccco1. The number of furan rings is 1. The topological polar surface area (TPSA) is 51.2 Å². The number of nitrogens with zero attached hydrogens (tertiary/aromatic N) is 1. The van der Waals surface area contributed by atoms with Crippen molar-refractivity contribution < 1.29 is 8.94 Å². The summed E-state index contributed by atoms with van der Waals surface area (Å²) in [6, 6.07) is 4.41. The van der Waals surface area contributed by atoms with Crippen LogP contribution >= 0.6 is 0 Å². The number of rotatable bonds is 4. The van der Waals surface area contributed by atoms with E-state index < -0.39 is 0 Å². The Kier molecular flexibility index (Phi) is 2.29. The van der Waals surface area contributed by atoms with E-state index in [1.54, 1.807) is 6.26 Å². The van der Waals surface area contributed by atoms with E-state index in [0.29, 0.717) is 6.04 Å². The van der Waals surface area contributed by atoms with Gasteiger partial charge in [0.1, 0.15) is 5.69 Å². The van der Waals surface area contributed by atoms with Crippen molar-refractivity contribution in [1.29, 1.82) is 0 Å². The van der Waals surface area contributed by atoms with E-state index in [0.717, 1.165) is 29.3 Å². The smallest absolute Gasteiger partial charge is 0.205 e. The van der Waals surface area contributed by atoms with Crippen molar-refractivity contribution in [3.8, 4) is 11.5 Å². The lowest BCUT2D eigenvalue weighted by atomic mass is 10.2. The zero-order valence-corrected chi connectivity index (χ0v) is 9.19. The lowest BCUT2D eigenvalue weighted by Crippen LogP contribution is -2.16. The van der Waals surface area contributed by atoms with Crippen LogP contribution in [0.2, 0.25) is 0 Å². The summed E-state index contributed by atoms with van der Waals surface area (Å²) in [5.74, 6) is 1.47. The summed E-state index contributed by atoms with van der Waals surface area (Å²) in [6.45, 7) is 2.79. The van der Waals surface area contributed by atoms with Gasteiger partial charge in [-0.2, -0.15) is 0 Å². The molecule has 2 heterocycles. The first-order chi connectivity index (χ1) is 7.84. The average Bonchev–Trinajstić information content (AvgIpc) is 2.82.